The first-order chi connectivity index (χ1) is 6.24. The van der Waals surface area contributed by atoms with E-state index in [1.165, 1.54) is 0 Å². The summed E-state index contributed by atoms with van der Waals surface area (Å²) < 4.78 is 1.55. The Balaban J connectivity index is 2.65. The van der Waals surface area contributed by atoms with Gasteiger partial charge in [0.2, 0.25) is 0 Å². The largest absolute Gasteiger partial charge is 0.319 e. The Bertz CT molecular complexity index is 375. The molecule has 0 aromatic carbocycles. The van der Waals surface area contributed by atoms with Crippen LogP contribution in [0.2, 0.25) is 0 Å². The summed E-state index contributed by atoms with van der Waals surface area (Å²) in [4.78, 5) is 11.2. The van der Waals surface area contributed by atoms with E-state index >= 15 is 0 Å². The molecule has 13 heavy (non-hydrogen) atoms. The summed E-state index contributed by atoms with van der Waals surface area (Å²) in [5.74, 6) is 4.04. The van der Waals surface area contributed by atoms with Gasteiger partial charge in [0.15, 0.2) is 0 Å². The Morgan fingerprint density at radius 3 is 3.08 bits per heavy atom. The van der Waals surface area contributed by atoms with E-state index in [4.69, 9.17) is 6.42 Å². The SMILES string of the molecule is C#CCSCc1ccn(C)c(=O)c1. The number of thioether (sulfide) groups is 1. The van der Waals surface area contributed by atoms with Crippen LogP contribution in [0.1, 0.15) is 5.56 Å². The van der Waals surface area contributed by atoms with Crippen LogP contribution >= 0.6 is 11.8 Å². The van der Waals surface area contributed by atoms with E-state index in [2.05, 4.69) is 5.92 Å². The fourth-order valence-electron chi connectivity index (χ4n) is 0.907. The second-order valence-corrected chi connectivity index (χ2v) is 3.67. The molecule has 0 saturated heterocycles. The maximum Gasteiger partial charge on any atom is 0.250 e. The van der Waals surface area contributed by atoms with Crippen molar-refractivity contribution in [2.24, 2.45) is 7.05 Å². The van der Waals surface area contributed by atoms with E-state index in [1.54, 1.807) is 35.6 Å². The highest BCUT2D eigenvalue weighted by Crippen LogP contribution is 2.08. The smallest absolute Gasteiger partial charge is 0.250 e. The van der Waals surface area contributed by atoms with E-state index in [1.807, 2.05) is 6.07 Å². The van der Waals surface area contributed by atoms with Crippen molar-refractivity contribution in [3.63, 3.8) is 0 Å². The summed E-state index contributed by atoms with van der Waals surface area (Å²) in [5.41, 5.74) is 1.06. The third-order valence-corrected chi connectivity index (χ3v) is 2.53. The lowest BCUT2D eigenvalue weighted by Crippen LogP contribution is -2.14. The fraction of sp³-hybridized carbons (Fsp3) is 0.300. The first-order valence-corrected chi connectivity index (χ1v) is 5.06. The summed E-state index contributed by atoms with van der Waals surface area (Å²) in [6, 6.07) is 3.58. The molecule has 3 heteroatoms. The standard InChI is InChI=1S/C10H11NOS/c1-3-6-13-8-9-4-5-11(2)10(12)7-9/h1,4-5,7H,6,8H2,2H3. The Hall–Kier alpha value is -1.14. The van der Waals surface area contributed by atoms with Crippen LogP contribution in [0.4, 0.5) is 0 Å². The average Bonchev–Trinajstić information content (AvgIpc) is 2.12. The molecule has 1 aromatic heterocycles. The molecule has 1 heterocycles. The lowest BCUT2D eigenvalue weighted by atomic mass is 10.3. The molecule has 0 unspecified atom stereocenters. The third kappa shape index (κ3) is 3.00. The van der Waals surface area contributed by atoms with Crippen LogP contribution in [-0.2, 0) is 12.8 Å². The van der Waals surface area contributed by atoms with E-state index in [-0.39, 0.29) is 5.56 Å². The van der Waals surface area contributed by atoms with Crippen molar-refractivity contribution >= 4 is 11.8 Å². The van der Waals surface area contributed by atoms with Crippen LogP contribution in [0.15, 0.2) is 23.1 Å². The lowest BCUT2D eigenvalue weighted by Gasteiger charge is -2.00. The molecule has 1 aromatic rings. The molecular weight excluding hydrogens is 182 g/mol. The fourth-order valence-corrected chi connectivity index (χ4v) is 1.54. The number of terminal acetylenes is 1. The molecule has 0 N–H and O–H groups in total. The van der Waals surface area contributed by atoms with Gasteiger partial charge in [-0.05, 0) is 11.6 Å². The van der Waals surface area contributed by atoms with Crippen LogP contribution in [0.5, 0.6) is 0 Å². The molecule has 0 atom stereocenters. The number of hydrogen-bond acceptors (Lipinski definition) is 2. The number of aryl methyl sites for hydroxylation is 1. The molecule has 0 aliphatic heterocycles. The molecule has 1 rings (SSSR count). The first kappa shape index (κ1) is 9.94. The van der Waals surface area contributed by atoms with E-state index in [9.17, 15) is 4.79 Å². The molecule has 0 aliphatic rings. The molecule has 0 amide bonds. The number of pyridine rings is 1. The topological polar surface area (TPSA) is 22.0 Å². The number of rotatable bonds is 3. The second kappa shape index (κ2) is 4.78. The highest BCUT2D eigenvalue weighted by atomic mass is 32.2. The van der Waals surface area contributed by atoms with Crippen molar-refractivity contribution in [3.8, 4) is 12.3 Å². The van der Waals surface area contributed by atoms with Gasteiger partial charge in [0.25, 0.3) is 5.56 Å². The molecule has 0 spiro atoms. The molecule has 68 valence electrons. The average molecular weight is 193 g/mol. The van der Waals surface area contributed by atoms with Gasteiger partial charge in [-0.25, -0.2) is 0 Å². The van der Waals surface area contributed by atoms with Crippen molar-refractivity contribution in [1.82, 2.24) is 4.57 Å². The highest BCUT2D eigenvalue weighted by Gasteiger charge is 1.94. The Labute approximate surface area is 82.0 Å². The molecule has 0 fully saturated rings. The minimum absolute atomic E-state index is 0.0267. The molecule has 2 nitrogen and oxygen atoms in total. The van der Waals surface area contributed by atoms with Crippen LogP contribution in [-0.4, -0.2) is 10.3 Å². The lowest BCUT2D eigenvalue weighted by molar-refractivity contribution is 0.855. The van der Waals surface area contributed by atoms with Gasteiger partial charge in [0.05, 0.1) is 5.75 Å². The maximum atomic E-state index is 11.2. The van der Waals surface area contributed by atoms with Crippen molar-refractivity contribution < 1.29 is 0 Å². The Morgan fingerprint density at radius 2 is 2.46 bits per heavy atom. The van der Waals surface area contributed by atoms with Crippen LogP contribution in [0.3, 0.4) is 0 Å². The number of hydrogen-bond donors (Lipinski definition) is 0. The summed E-state index contributed by atoms with van der Waals surface area (Å²) in [6.07, 6.45) is 6.88. The van der Waals surface area contributed by atoms with Crippen LogP contribution in [0.25, 0.3) is 0 Å². The van der Waals surface area contributed by atoms with Gasteiger partial charge in [-0.1, -0.05) is 5.92 Å². The highest BCUT2D eigenvalue weighted by molar-refractivity contribution is 7.98. The van der Waals surface area contributed by atoms with E-state index in [0.29, 0.717) is 5.75 Å². The molecule has 0 radical (unpaired) electrons. The quantitative estimate of drug-likeness (QED) is 0.532. The summed E-state index contributed by atoms with van der Waals surface area (Å²) >= 11 is 1.64. The molecule has 0 bridgehead atoms. The van der Waals surface area contributed by atoms with Crippen LogP contribution in [0, 0.1) is 12.3 Å². The predicted molar refractivity (Wildman–Crippen MR) is 56.7 cm³/mol. The van der Waals surface area contributed by atoms with Gasteiger partial charge in [-0.15, -0.1) is 18.2 Å². The zero-order chi connectivity index (χ0) is 9.68. The van der Waals surface area contributed by atoms with Gasteiger partial charge in [-0.2, -0.15) is 0 Å². The van der Waals surface area contributed by atoms with Gasteiger partial charge in [-0.3, -0.25) is 4.79 Å². The molecule has 0 saturated carbocycles. The first-order valence-electron chi connectivity index (χ1n) is 3.91. The van der Waals surface area contributed by atoms with Gasteiger partial charge < -0.3 is 4.57 Å². The minimum atomic E-state index is 0.0267. The zero-order valence-electron chi connectivity index (χ0n) is 7.49. The van der Waals surface area contributed by atoms with Crippen molar-refractivity contribution in [2.75, 3.05) is 5.75 Å². The normalized spacial score (nSPS) is 9.54. The van der Waals surface area contributed by atoms with Gasteiger partial charge in [0.1, 0.15) is 0 Å². The predicted octanol–water partition coefficient (Wildman–Crippen LogP) is 1.25. The zero-order valence-corrected chi connectivity index (χ0v) is 8.30. The monoisotopic (exact) mass is 193 g/mol. The van der Waals surface area contributed by atoms with Crippen molar-refractivity contribution in [2.45, 2.75) is 5.75 Å². The van der Waals surface area contributed by atoms with E-state index in [0.717, 1.165) is 11.3 Å². The number of aromatic nitrogens is 1. The molecule has 0 aliphatic carbocycles. The van der Waals surface area contributed by atoms with Gasteiger partial charge in [0, 0.05) is 25.1 Å². The van der Waals surface area contributed by atoms with Crippen molar-refractivity contribution in [1.29, 1.82) is 0 Å². The third-order valence-electron chi connectivity index (χ3n) is 1.62. The number of nitrogens with zero attached hydrogens (tertiary/aromatic N) is 1. The van der Waals surface area contributed by atoms with Gasteiger partial charge >= 0.3 is 0 Å². The van der Waals surface area contributed by atoms with Crippen LogP contribution < -0.4 is 5.56 Å². The second-order valence-electron chi connectivity index (χ2n) is 2.68. The minimum Gasteiger partial charge on any atom is -0.319 e. The Kier molecular flexibility index (Phi) is 3.66. The van der Waals surface area contributed by atoms with Crippen molar-refractivity contribution in [3.05, 3.63) is 34.2 Å². The molecular formula is C10H11NOS. The Morgan fingerprint density at radius 1 is 1.69 bits per heavy atom. The van der Waals surface area contributed by atoms with E-state index < -0.39 is 0 Å². The summed E-state index contributed by atoms with van der Waals surface area (Å²) in [5, 5.41) is 0. The maximum absolute atomic E-state index is 11.2. The summed E-state index contributed by atoms with van der Waals surface area (Å²) in [6.45, 7) is 0. The summed E-state index contributed by atoms with van der Waals surface area (Å²) in [7, 11) is 1.74.